The Labute approximate surface area is 108 Å². The van der Waals surface area contributed by atoms with Crippen LogP contribution in [0.2, 0.25) is 0 Å². The SMILES string of the molecule is CC(CCBr)NC(=O)Cc1ccc(F)c(F)c1. The summed E-state index contributed by atoms with van der Waals surface area (Å²) in [5.74, 6) is -2.02. The molecule has 0 heterocycles. The van der Waals surface area contributed by atoms with Crippen LogP contribution in [-0.2, 0) is 11.2 Å². The summed E-state index contributed by atoms with van der Waals surface area (Å²) >= 11 is 3.28. The first-order valence-electron chi connectivity index (χ1n) is 5.32. The first kappa shape index (κ1) is 14.1. The number of hydrogen-bond acceptors (Lipinski definition) is 1. The molecular weight excluding hydrogens is 292 g/mol. The summed E-state index contributed by atoms with van der Waals surface area (Å²) in [6.07, 6.45) is 0.882. The second-order valence-corrected chi connectivity index (χ2v) is 4.66. The topological polar surface area (TPSA) is 29.1 Å². The Bertz CT molecular complexity index is 398. The van der Waals surface area contributed by atoms with Crippen LogP contribution >= 0.6 is 15.9 Å². The molecule has 0 fully saturated rings. The molecule has 2 nitrogen and oxygen atoms in total. The van der Waals surface area contributed by atoms with Gasteiger partial charge in [0, 0.05) is 11.4 Å². The average molecular weight is 306 g/mol. The molecule has 0 radical (unpaired) electrons. The third-order valence-corrected chi connectivity index (χ3v) is 2.76. The highest BCUT2D eigenvalue weighted by Gasteiger charge is 2.09. The van der Waals surface area contributed by atoms with Crippen LogP contribution in [0.4, 0.5) is 8.78 Å². The molecule has 1 aromatic carbocycles. The van der Waals surface area contributed by atoms with Crippen molar-refractivity contribution < 1.29 is 13.6 Å². The fraction of sp³-hybridized carbons (Fsp3) is 0.417. The van der Waals surface area contributed by atoms with Crippen LogP contribution in [0.15, 0.2) is 18.2 Å². The van der Waals surface area contributed by atoms with Crippen molar-refractivity contribution in [2.45, 2.75) is 25.8 Å². The molecule has 0 aliphatic heterocycles. The first-order chi connectivity index (χ1) is 8.02. The van der Waals surface area contributed by atoms with Crippen LogP contribution in [-0.4, -0.2) is 17.3 Å². The number of nitrogens with one attached hydrogen (secondary N) is 1. The lowest BCUT2D eigenvalue weighted by Crippen LogP contribution is -2.33. The highest BCUT2D eigenvalue weighted by molar-refractivity contribution is 9.09. The standard InChI is InChI=1S/C12H14BrF2NO/c1-8(4-5-13)16-12(17)7-9-2-3-10(14)11(15)6-9/h2-3,6,8H,4-5,7H2,1H3,(H,16,17). The average Bonchev–Trinajstić information content (AvgIpc) is 2.23. The van der Waals surface area contributed by atoms with E-state index in [0.717, 1.165) is 23.9 Å². The Morgan fingerprint density at radius 3 is 2.71 bits per heavy atom. The third-order valence-electron chi connectivity index (χ3n) is 2.30. The van der Waals surface area contributed by atoms with E-state index in [1.807, 2.05) is 6.92 Å². The van der Waals surface area contributed by atoms with E-state index in [9.17, 15) is 13.6 Å². The lowest BCUT2D eigenvalue weighted by atomic mass is 10.1. The summed E-state index contributed by atoms with van der Waals surface area (Å²) < 4.78 is 25.6. The Morgan fingerprint density at radius 1 is 1.41 bits per heavy atom. The van der Waals surface area contributed by atoms with Gasteiger partial charge in [-0.2, -0.15) is 0 Å². The summed E-state index contributed by atoms with van der Waals surface area (Å²) in [4.78, 5) is 11.6. The number of carbonyl (C=O) groups excluding carboxylic acids is 1. The molecule has 0 aromatic heterocycles. The molecule has 17 heavy (non-hydrogen) atoms. The second kappa shape index (κ2) is 6.69. The molecule has 0 saturated carbocycles. The predicted molar refractivity (Wildman–Crippen MR) is 66.1 cm³/mol. The third kappa shape index (κ3) is 4.81. The van der Waals surface area contributed by atoms with Crippen molar-refractivity contribution in [3.63, 3.8) is 0 Å². The number of benzene rings is 1. The van der Waals surface area contributed by atoms with Crippen molar-refractivity contribution in [3.05, 3.63) is 35.4 Å². The van der Waals surface area contributed by atoms with Gasteiger partial charge in [-0.05, 0) is 31.0 Å². The molecular formula is C12H14BrF2NO. The van der Waals surface area contributed by atoms with Gasteiger partial charge < -0.3 is 5.32 Å². The maximum atomic E-state index is 12.9. The number of amides is 1. The molecule has 0 saturated heterocycles. The minimum absolute atomic E-state index is 0.0594. The lowest BCUT2D eigenvalue weighted by molar-refractivity contribution is -0.121. The molecule has 5 heteroatoms. The van der Waals surface area contributed by atoms with Gasteiger partial charge >= 0.3 is 0 Å². The molecule has 1 rings (SSSR count). The maximum absolute atomic E-state index is 12.9. The zero-order valence-electron chi connectivity index (χ0n) is 9.47. The van der Waals surface area contributed by atoms with Crippen LogP contribution in [0.1, 0.15) is 18.9 Å². The van der Waals surface area contributed by atoms with Crippen LogP contribution < -0.4 is 5.32 Å². The van der Waals surface area contributed by atoms with Gasteiger partial charge in [0.1, 0.15) is 0 Å². The van der Waals surface area contributed by atoms with E-state index in [1.165, 1.54) is 6.07 Å². The molecule has 0 bridgehead atoms. The predicted octanol–water partition coefficient (Wildman–Crippen LogP) is 2.80. The summed E-state index contributed by atoms with van der Waals surface area (Å²) in [5, 5.41) is 3.58. The summed E-state index contributed by atoms with van der Waals surface area (Å²) in [6, 6.07) is 3.55. The normalized spacial score (nSPS) is 12.2. The van der Waals surface area contributed by atoms with Crippen molar-refractivity contribution in [1.29, 1.82) is 0 Å². The quantitative estimate of drug-likeness (QED) is 0.833. The molecule has 1 unspecified atom stereocenters. The Hall–Kier alpha value is -0.970. The molecule has 1 atom stereocenters. The van der Waals surface area contributed by atoms with Crippen molar-refractivity contribution in [2.24, 2.45) is 0 Å². The van der Waals surface area contributed by atoms with E-state index in [0.29, 0.717) is 5.56 Å². The van der Waals surface area contributed by atoms with Gasteiger partial charge in [-0.1, -0.05) is 22.0 Å². The molecule has 1 aromatic rings. The van der Waals surface area contributed by atoms with Crippen LogP contribution in [0.25, 0.3) is 0 Å². The minimum atomic E-state index is -0.927. The summed E-state index contributed by atoms with van der Waals surface area (Å²) in [5.41, 5.74) is 0.465. The highest BCUT2D eigenvalue weighted by atomic mass is 79.9. The fourth-order valence-corrected chi connectivity index (χ4v) is 2.08. The van der Waals surface area contributed by atoms with E-state index < -0.39 is 11.6 Å². The van der Waals surface area contributed by atoms with Gasteiger partial charge in [0.25, 0.3) is 0 Å². The van der Waals surface area contributed by atoms with E-state index >= 15 is 0 Å². The molecule has 94 valence electrons. The van der Waals surface area contributed by atoms with Gasteiger partial charge in [-0.15, -0.1) is 0 Å². The highest BCUT2D eigenvalue weighted by Crippen LogP contribution is 2.09. The van der Waals surface area contributed by atoms with Gasteiger partial charge in [0.2, 0.25) is 5.91 Å². The van der Waals surface area contributed by atoms with Crippen LogP contribution in [0.3, 0.4) is 0 Å². The first-order valence-corrected chi connectivity index (χ1v) is 6.44. The number of halogens is 3. The van der Waals surface area contributed by atoms with Crippen molar-refractivity contribution >= 4 is 21.8 Å². The van der Waals surface area contributed by atoms with Crippen LogP contribution in [0.5, 0.6) is 0 Å². The van der Waals surface area contributed by atoms with Crippen molar-refractivity contribution in [2.75, 3.05) is 5.33 Å². The number of rotatable bonds is 5. The molecule has 0 aliphatic rings. The largest absolute Gasteiger partial charge is 0.353 e. The number of carbonyl (C=O) groups is 1. The van der Waals surface area contributed by atoms with E-state index in [-0.39, 0.29) is 18.4 Å². The Balaban J connectivity index is 2.53. The monoisotopic (exact) mass is 305 g/mol. The second-order valence-electron chi connectivity index (χ2n) is 3.87. The van der Waals surface area contributed by atoms with Gasteiger partial charge in [-0.25, -0.2) is 8.78 Å². The van der Waals surface area contributed by atoms with Gasteiger partial charge in [0.05, 0.1) is 6.42 Å². The Kier molecular flexibility index (Phi) is 5.55. The van der Waals surface area contributed by atoms with E-state index in [2.05, 4.69) is 21.2 Å². The zero-order chi connectivity index (χ0) is 12.8. The molecule has 1 N–H and O–H groups in total. The maximum Gasteiger partial charge on any atom is 0.224 e. The summed E-state index contributed by atoms with van der Waals surface area (Å²) in [6.45, 7) is 1.89. The smallest absolute Gasteiger partial charge is 0.224 e. The van der Waals surface area contributed by atoms with Crippen molar-refractivity contribution in [1.82, 2.24) is 5.32 Å². The molecule has 0 aliphatic carbocycles. The van der Waals surface area contributed by atoms with Gasteiger partial charge in [-0.3, -0.25) is 4.79 Å². The minimum Gasteiger partial charge on any atom is -0.353 e. The van der Waals surface area contributed by atoms with Crippen LogP contribution in [0, 0.1) is 11.6 Å². The van der Waals surface area contributed by atoms with Crippen molar-refractivity contribution in [3.8, 4) is 0 Å². The number of hydrogen-bond donors (Lipinski definition) is 1. The zero-order valence-corrected chi connectivity index (χ0v) is 11.1. The fourth-order valence-electron chi connectivity index (χ4n) is 1.40. The van der Waals surface area contributed by atoms with E-state index in [4.69, 9.17) is 0 Å². The Morgan fingerprint density at radius 2 is 2.12 bits per heavy atom. The summed E-state index contributed by atoms with van der Waals surface area (Å²) in [7, 11) is 0. The lowest BCUT2D eigenvalue weighted by Gasteiger charge is -2.12. The van der Waals surface area contributed by atoms with Gasteiger partial charge in [0.15, 0.2) is 11.6 Å². The number of alkyl halides is 1. The molecule has 0 spiro atoms. The molecule has 1 amide bonds. The van der Waals surface area contributed by atoms with E-state index in [1.54, 1.807) is 0 Å².